The number of benzene rings is 2. The standard InChI is InChI=1S/C24H27N/c1-17-10-12-18(13-11-17)20-16-24(14-6-3-7-15-24)22-19-8-4-5-9-21(19)25(2)23(20)22/h4-5,8-13,20H,3,6-7,14-16H2,1-2H3. The van der Waals surface area contributed by atoms with Gasteiger partial charge in [-0.15, -0.1) is 0 Å². The molecule has 1 aromatic heterocycles. The number of nitrogens with zero attached hydrogens (tertiary/aromatic N) is 1. The van der Waals surface area contributed by atoms with Gasteiger partial charge in [-0.2, -0.15) is 0 Å². The van der Waals surface area contributed by atoms with E-state index in [0.717, 1.165) is 0 Å². The number of hydrogen-bond donors (Lipinski definition) is 0. The van der Waals surface area contributed by atoms with E-state index in [0.29, 0.717) is 11.3 Å². The van der Waals surface area contributed by atoms with E-state index in [2.05, 4.69) is 67.1 Å². The van der Waals surface area contributed by atoms with E-state index in [-0.39, 0.29) is 0 Å². The molecule has 1 heteroatoms. The van der Waals surface area contributed by atoms with Gasteiger partial charge in [0.15, 0.2) is 0 Å². The lowest BCUT2D eigenvalue weighted by atomic mass is 9.69. The van der Waals surface area contributed by atoms with E-state index < -0.39 is 0 Å². The van der Waals surface area contributed by atoms with Gasteiger partial charge >= 0.3 is 0 Å². The SMILES string of the molecule is Cc1ccc(C2CC3(CCCCC3)c3c2n(C)c2ccccc32)cc1. The summed E-state index contributed by atoms with van der Waals surface area (Å²) in [6.45, 7) is 2.18. The summed E-state index contributed by atoms with van der Waals surface area (Å²) < 4.78 is 2.50. The maximum absolute atomic E-state index is 2.50. The van der Waals surface area contributed by atoms with E-state index >= 15 is 0 Å². The van der Waals surface area contributed by atoms with Crippen LogP contribution >= 0.6 is 0 Å². The Hall–Kier alpha value is -2.02. The van der Waals surface area contributed by atoms with Crippen molar-refractivity contribution in [3.63, 3.8) is 0 Å². The molecule has 0 saturated heterocycles. The number of fused-ring (bicyclic) bond motifs is 4. The third-order valence-corrected chi connectivity index (χ3v) is 6.90. The van der Waals surface area contributed by atoms with Gasteiger partial charge in [0, 0.05) is 29.6 Å². The summed E-state index contributed by atoms with van der Waals surface area (Å²) in [5, 5.41) is 1.51. The van der Waals surface area contributed by atoms with Crippen molar-refractivity contribution in [2.75, 3.05) is 0 Å². The van der Waals surface area contributed by atoms with Crippen molar-refractivity contribution in [2.24, 2.45) is 7.05 Å². The number of para-hydroxylation sites is 1. The molecule has 2 aliphatic carbocycles. The van der Waals surface area contributed by atoms with Crippen LogP contribution in [-0.2, 0) is 12.5 Å². The zero-order valence-electron chi connectivity index (χ0n) is 15.4. The topological polar surface area (TPSA) is 4.93 Å². The Labute approximate surface area is 150 Å². The van der Waals surface area contributed by atoms with Crippen LogP contribution in [0.3, 0.4) is 0 Å². The van der Waals surface area contributed by atoms with E-state index in [9.17, 15) is 0 Å². The maximum Gasteiger partial charge on any atom is 0.0483 e. The highest BCUT2D eigenvalue weighted by atomic mass is 15.0. The molecule has 1 fully saturated rings. The molecule has 128 valence electrons. The normalized spacial score (nSPS) is 21.8. The average Bonchev–Trinajstić information content (AvgIpc) is 3.12. The van der Waals surface area contributed by atoms with E-state index in [4.69, 9.17) is 0 Å². The summed E-state index contributed by atoms with van der Waals surface area (Å²) >= 11 is 0. The highest BCUT2D eigenvalue weighted by Crippen LogP contribution is 2.58. The van der Waals surface area contributed by atoms with Crippen LogP contribution in [0, 0.1) is 6.92 Å². The molecule has 0 N–H and O–H groups in total. The van der Waals surface area contributed by atoms with Crippen molar-refractivity contribution in [3.8, 4) is 0 Å². The van der Waals surface area contributed by atoms with Crippen LogP contribution in [0.15, 0.2) is 48.5 Å². The summed E-state index contributed by atoms with van der Waals surface area (Å²) in [7, 11) is 2.28. The van der Waals surface area contributed by atoms with Gasteiger partial charge in [-0.1, -0.05) is 67.3 Å². The quantitative estimate of drug-likeness (QED) is 0.499. The Balaban J connectivity index is 1.76. The van der Waals surface area contributed by atoms with Crippen LogP contribution < -0.4 is 0 Å². The van der Waals surface area contributed by atoms with Crippen molar-refractivity contribution in [2.45, 2.75) is 56.8 Å². The molecule has 5 rings (SSSR count). The van der Waals surface area contributed by atoms with Crippen molar-refractivity contribution in [1.82, 2.24) is 4.57 Å². The third-order valence-electron chi connectivity index (χ3n) is 6.90. The summed E-state index contributed by atoms with van der Waals surface area (Å²) in [5.41, 5.74) is 7.95. The molecule has 2 aliphatic rings. The average molecular weight is 329 g/mol. The monoisotopic (exact) mass is 329 g/mol. The first-order chi connectivity index (χ1) is 12.2. The fourth-order valence-electron chi connectivity index (χ4n) is 5.72. The second-order valence-electron chi connectivity index (χ2n) is 8.34. The van der Waals surface area contributed by atoms with Crippen LogP contribution in [0.4, 0.5) is 0 Å². The van der Waals surface area contributed by atoms with E-state index in [1.54, 1.807) is 11.3 Å². The maximum atomic E-state index is 2.50. The zero-order chi connectivity index (χ0) is 17.0. The largest absolute Gasteiger partial charge is 0.347 e. The molecule has 0 aliphatic heterocycles. The molecule has 2 aromatic carbocycles. The molecule has 1 nitrogen and oxygen atoms in total. The first-order valence-corrected chi connectivity index (χ1v) is 9.84. The van der Waals surface area contributed by atoms with Gasteiger partial charge in [0.2, 0.25) is 0 Å². The molecule has 1 spiro atoms. The minimum atomic E-state index is 0.407. The van der Waals surface area contributed by atoms with Gasteiger partial charge in [0.25, 0.3) is 0 Å². The van der Waals surface area contributed by atoms with Crippen LogP contribution in [0.2, 0.25) is 0 Å². The Kier molecular flexibility index (Phi) is 3.35. The summed E-state index contributed by atoms with van der Waals surface area (Å²) in [4.78, 5) is 0. The Morgan fingerprint density at radius 1 is 0.920 bits per heavy atom. The second-order valence-corrected chi connectivity index (χ2v) is 8.34. The van der Waals surface area contributed by atoms with Crippen molar-refractivity contribution in [1.29, 1.82) is 0 Å². The molecule has 1 saturated carbocycles. The third kappa shape index (κ3) is 2.14. The summed E-state index contributed by atoms with van der Waals surface area (Å²) in [5.74, 6) is 0.547. The molecule has 0 radical (unpaired) electrons. The molecule has 3 aromatic rings. The lowest BCUT2D eigenvalue weighted by Crippen LogP contribution is -2.26. The summed E-state index contributed by atoms with van der Waals surface area (Å²) in [6.07, 6.45) is 8.25. The van der Waals surface area contributed by atoms with Gasteiger partial charge in [-0.3, -0.25) is 0 Å². The molecule has 25 heavy (non-hydrogen) atoms. The number of aromatic nitrogens is 1. The molecule has 0 amide bonds. The molecule has 1 heterocycles. The number of hydrogen-bond acceptors (Lipinski definition) is 0. The number of aryl methyl sites for hydroxylation is 2. The van der Waals surface area contributed by atoms with Gasteiger partial charge in [0.05, 0.1) is 0 Å². The van der Waals surface area contributed by atoms with E-state index in [1.807, 2.05) is 0 Å². The fourth-order valence-corrected chi connectivity index (χ4v) is 5.72. The molecular formula is C24H27N. The first-order valence-electron chi connectivity index (χ1n) is 9.84. The molecule has 1 atom stereocenters. The van der Waals surface area contributed by atoms with Gasteiger partial charge in [-0.05, 0) is 48.8 Å². The predicted octanol–water partition coefficient (Wildman–Crippen LogP) is 6.22. The highest BCUT2D eigenvalue weighted by Gasteiger charge is 2.47. The Morgan fingerprint density at radius 3 is 2.40 bits per heavy atom. The molecule has 0 bridgehead atoms. The zero-order valence-corrected chi connectivity index (χ0v) is 15.4. The lowest BCUT2D eigenvalue weighted by molar-refractivity contribution is 0.287. The first kappa shape index (κ1) is 15.3. The van der Waals surface area contributed by atoms with Crippen LogP contribution in [0.25, 0.3) is 10.9 Å². The smallest absolute Gasteiger partial charge is 0.0483 e. The van der Waals surface area contributed by atoms with Crippen molar-refractivity contribution in [3.05, 3.63) is 70.9 Å². The fraction of sp³-hybridized carbons (Fsp3) is 0.417. The Morgan fingerprint density at radius 2 is 1.64 bits per heavy atom. The Bertz CT molecular complexity index is 923. The summed E-state index contributed by atoms with van der Waals surface area (Å²) in [6, 6.07) is 18.4. The lowest BCUT2D eigenvalue weighted by Gasteiger charge is -2.35. The van der Waals surface area contributed by atoms with Gasteiger partial charge < -0.3 is 4.57 Å². The number of rotatable bonds is 1. The van der Waals surface area contributed by atoms with Crippen molar-refractivity contribution < 1.29 is 0 Å². The van der Waals surface area contributed by atoms with Gasteiger partial charge in [-0.25, -0.2) is 0 Å². The van der Waals surface area contributed by atoms with Gasteiger partial charge in [0.1, 0.15) is 0 Å². The predicted molar refractivity (Wildman–Crippen MR) is 105 cm³/mol. The minimum absolute atomic E-state index is 0.407. The second kappa shape index (κ2) is 5.49. The van der Waals surface area contributed by atoms with Crippen LogP contribution in [-0.4, -0.2) is 4.57 Å². The van der Waals surface area contributed by atoms with E-state index in [1.165, 1.54) is 60.6 Å². The van der Waals surface area contributed by atoms with Crippen LogP contribution in [0.5, 0.6) is 0 Å². The molecule has 1 unspecified atom stereocenters. The minimum Gasteiger partial charge on any atom is -0.347 e. The molecular weight excluding hydrogens is 302 g/mol. The highest BCUT2D eigenvalue weighted by molar-refractivity contribution is 5.88. The van der Waals surface area contributed by atoms with Crippen LogP contribution in [0.1, 0.15) is 66.8 Å². The van der Waals surface area contributed by atoms with Crippen molar-refractivity contribution >= 4 is 10.9 Å².